The minimum atomic E-state index is 0.473. The van der Waals surface area contributed by atoms with Crippen molar-refractivity contribution in [3.63, 3.8) is 0 Å². The number of nitrogens with zero attached hydrogens (tertiary/aromatic N) is 1. The molecule has 0 fully saturated rings. The number of fused-ring (bicyclic) bond motifs is 1. The molecule has 0 spiro atoms. The predicted octanol–water partition coefficient (Wildman–Crippen LogP) is 3.63. The Labute approximate surface area is 124 Å². The molecule has 0 amide bonds. The second-order valence-electron chi connectivity index (χ2n) is 5.22. The van der Waals surface area contributed by atoms with E-state index in [-0.39, 0.29) is 0 Å². The second kappa shape index (κ2) is 5.88. The summed E-state index contributed by atoms with van der Waals surface area (Å²) >= 11 is 0. The minimum Gasteiger partial charge on any atom is -0.495 e. The molecule has 0 saturated heterocycles. The average molecular weight is 279 g/mol. The Hall–Kier alpha value is -2.47. The van der Waals surface area contributed by atoms with E-state index in [4.69, 9.17) is 14.7 Å². The molecule has 0 aromatic heterocycles. The van der Waals surface area contributed by atoms with Crippen LogP contribution in [0.5, 0.6) is 11.5 Å². The molecule has 21 heavy (non-hydrogen) atoms. The van der Waals surface area contributed by atoms with Crippen LogP contribution in [0.1, 0.15) is 28.7 Å². The van der Waals surface area contributed by atoms with Gasteiger partial charge in [0.1, 0.15) is 24.2 Å². The molecule has 0 N–H and O–H groups in total. The van der Waals surface area contributed by atoms with Crippen molar-refractivity contribution >= 4 is 0 Å². The highest BCUT2D eigenvalue weighted by Crippen LogP contribution is 2.27. The first kappa shape index (κ1) is 13.5. The zero-order valence-corrected chi connectivity index (χ0v) is 12.1. The van der Waals surface area contributed by atoms with Gasteiger partial charge in [-0.05, 0) is 60.2 Å². The minimum absolute atomic E-state index is 0.473. The Kier molecular flexibility index (Phi) is 3.79. The zero-order valence-electron chi connectivity index (χ0n) is 12.1. The smallest absolute Gasteiger partial charge is 0.137 e. The summed E-state index contributed by atoms with van der Waals surface area (Å²) in [6.45, 7) is 0.473. The normalized spacial score (nSPS) is 12.6. The van der Waals surface area contributed by atoms with Crippen molar-refractivity contribution < 1.29 is 9.47 Å². The van der Waals surface area contributed by atoms with E-state index in [2.05, 4.69) is 18.2 Å². The molecule has 3 heteroatoms. The van der Waals surface area contributed by atoms with Gasteiger partial charge in [-0.15, -0.1) is 0 Å². The van der Waals surface area contributed by atoms with Gasteiger partial charge in [-0.25, -0.2) is 0 Å². The summed E-state index contributed by atoms with van der Waals surface area (Å²) in [7, 11) is 1.57. The van der Waals surface area contributed by atoms with Crippen LogP contribution in [0.15, 0.2) is 36.4 Å². The molecule has 0 saturated carbocycles. The van der Waals surface area contributed by atoms with E-state index in [9.17, 15) is 0 Å². The van der Waals surface area contributed by atoms with Crippen LogP contribution in [0, 0.1) is 11.3 Å². The summed E-state index contributed by atoms with van der Waals surface area (Å²) in [4.78, 5) is 0. The van der Waals surface area contributed by atoms with Crippen molar-refractivity contribution in [2.75, 3.05) is 7.11 Å². The summed E-state index contributed by atoms with van der Waals surface area (Å²) in [5.74, 6) is 1.49. The summed E-state index contributed by atoms with van der Waals surface area (Å²) in [6, 6.07) is 14.0. The van der Waals surface area contributed by atoms with Crippen molar-refractivity contribution in [3.05, 3.63) is 58.7 Å². The van der Waals surface area contributed by atoms with Gasteiger partial charge in [0.05, 0.1) is 12.7 Å². The fourth-order valence-corrected chi connectivity index (χ4v) is 2.72. The molecule has 3 nitrogen and oxygen atoms in total. The third-order valence-electron chi connectivity index (χ3n) is 3.86. The van der Waals surface area contributed by atoms with E-state index >= 15 is 0 Å². The highest BCUT2D eigenvalue weighted by molar-refractivity contribution is 5.45. The lowest BCUT2D eigenvalue weighted by molar-refractivity contribution is 0.305. The van der Waals surface area contributed by atoms with E-state index in [0.29, 0.717) is 17.9 Å². The summed E-state index contributed by atoms with van der Waals surface area (Å²) in [5.41, 5.74) is 4.39. The highest BCUT2D eigenvalue weighted by atomic mass is 16.5. The number of hydrogen-bond acceptors (Lipinski definition) is 3. The first-order chi connectivity index (χ1) is 10.3. The Morgan fingerprint density at radius 1 is 1.10 bits per heavy atom. The number of nitriles is 1. The van der Waals surface area contributed by atoms with Gasteiger partial charge in [0.25, 0.3) is 0 Å². The van der Waals surface area contributed by atoms with Crippen molar-refractivity contribution in [2.45, 2.75) is 25.9 Å². The maximum absolute atomic E-state index is 8.98. The number of rotatable bonds is 4. The Balaban J connectivity index is 1.72. The molecule has 3 rings (SSSR count). The third-order valence-corrected chi connectivity index (χ3v) is 3.86. The molecular formula is C18H17NO2. The van der Waals surface area contributed by atoms with Crippen LogP contribution >= 0.6 is 0 Å². The monoisotopic (exact) mass is 279 g/mol. The van der Waals surface area contributed by atoms with Crippen LogP contribution in [0.3, 0.4) is 0 Å². The molecule has 0 atom stereocenters. The van der Waals surface area contributed by atoms with Crippen LogP contribution in [0.25, 0.3) is 0 Å². The molecule has 0 radical (unpaired) electrons. The van der Waals surface area contributed by atoms with Crippen molar-refractivity contribution in [2.24, 2.45) is 0 Å². The fourth-order valence-electron chi connectivity index (χ4n) is 2.72. The van der Waals surface area contributed by atoms with Gasteiger partial charge in [-0.3, -0.25) is 0 Å². The molecule has 2 aromatic carbocycles. The topological polar surface area (TPSA) is 42.2 Å². The zero-order chi connectivity index (χ0) is 14.7. The predicted molar refractivity (Wildman–Crippen MR) is 80.5 cm³/mol. The Morgan fingerprint density at radius 2 is 1.95 bits per heavy atom. The number of hydrogen-bond donors (Lipinski definition) is 0. The van der Waals surface area contributed by atoms with Crippen LogP contribution in [-0.2, 0) is 19.4 Å². The second-order valence-corrected chi connectivity index (χ2v) is 5.22. The number of ether oxygens (including phenoxy) is 2. The largest absolute Gasteiger partial charge is 0.495 e. The molecular weight excluding hydrogens is 262 g/mol. The number of aryl methyl sites for hydroxylation is 2. The lowest BCUT2D eigenvalue weighted by Crippen LogP contribution is -1.98. The first-order valence-corrected chi connectivity index (χ1v) is 7.12. The quantitative estimate of drug-likeness (QED) is 0.858. The van der Waals surface area contributed by atoms with E-state index in [1.807, 2.05) is 18.2 Å². The van der Waals surface area contributed by atoms with Crippen molar-refractivity contribution in [3.8, 4) is 17.6 Å². The maximum atomic E-state index is 8.98. The van der Waals surface area contributed by atoms with E-state index in [1.165, 1.54) is 24.0 Å². The van der Waals surface area contributed by atoms with Crippen molar-refractivity contribution in [1.82, 2.24) is 0 Å². The maximum Gasteiger partial charge on any atom is 0.137 e. The van der Waals surface area contributed by atoms with Gasteiger partial charge in [0, 0.05) is 0 Å². The lowest BCUT2D eigenvalue weighted by Gasteiger charge is -2.10. The van der Waals surface area contributed by atoms with Gasteiger partial charge in [-0.1, -0.05) is 12.1 Å². The molecule has 106 valence electrons. The van der Waals surface area contributed by atoms with Gasteiger partial charge in [0.2, 0.25) is 0 Å². The molecule has 0 aliphatic heterocycles. The Bertz CT molecular complexity index is 701. The average Bonchev–Trinajstić information content (AvgIpc) is 3.00. The van der Waals surface area contributed by atoms with E-state index in [0.717, 1.165) is 17.7 Å². The molecule has 0 bridgehead atoms. The summed E-state index contributed by atoms with van der Waals surface area (Å²) in [5, 5.41) is 8.98. The molecule has 0 unspecified atom stereocenters. The van der Waals surface area contributed by atoms with E-state index in [1.54, 1.807) is 13.2 Å². The SMILES string of the molecule is COc1cc(COc2ccc3c(c2)CCC3)ccc1C#N. The molecule has 1 aliphatic rings. The van der Waals surface area contributed by atoms with Crippen LogP contribution in [0.4, 0.5) is 0 Å². The first-order valence-electron chi connectivity index (χ1n) is 7.12. The number of benzene rings is 2. The van der Waals surface area contributed by atoms with Gasteiger partial charge < -0.3 is 9.47 Å². The van der Waals surface area contributed by atoms with Crippen LogP contribution in [-0.4, -0.2) is 7.11 Å². The summed E-state index contributed by atoms with van der Waals surface area (Å²) < 4.78 is 11.1. The standard InChI is InChI=1S/C18H17NO2/c1-20-18-9-13(5-6-16(18)11-19)12-21-17-8-7-14-3-2-4-15(14)10-17/h5-10H,2-4,12H2,1H3. The van der Waals surface area contributed by atoms with Gasteiger partial charge in [0.15, 0.2) is 0 Å². The van der Waals surface area contributed by atoms with Gasteiger partial charge >= 0.3 is 0 Å². The van der Waals surface area contributed by atoms with Crippen LogP contribution in [0.2, 0.25) is 0 Å². The third kappa shape index (κ3) is 2.85. The highest BCUT2D eigenvalue weighted by Gasteiger charge is 2.11. The molecule has 2 aromatic rings. The Morgan fingerprint density at radius 3 is 2.76 bits per heavy atom. The molecule has 1 aliphatic carbocycles. The van der Waals surface area contributed by atoms with Crippen molar-refractivity contribution in [1.29, 1.82) is 5.26 Å². The fraction of sp³-hybridized carbons (Fsp3) is 0.278. The number of methoxy groups -OCH3 is 1. The van der Waals surface area contributed by atoms with Gasteiger partial charge in [-0.2, -0.15) is 5.26 Å². The lowest BCUT2D eigenvalue weighted by atomic mass is 10.1. The summed E-state index contributed by atoms with van der Waals surface area (Å²) in [6.07, 6.45) is 3.57. The molecule has 0 heterocycles. The van der Waals surface area contributed by atoms with Crippen LogP contribution < -0.4 is 9.47 Å². The van der Waals surface area contributed by atoms with E-state index < -0.39 is 0 Å².